The van der Waals surface area contributed by atoms with Gasteiger partial charge >= 0.3 is 5.97 Å². The molecular weight excluding hydrogens is 403 g/mol. The lowest BCUT2D eigenvalue weighted by atomic mass is 9.60. The van der Waals surface area contributed by atoms with Crippen molar-refractivity contribution < 1.29 is 14.3 Å². The molecule has 5 rings (SSSR count). The van der Waals surface area contributed by atoms with Gasteiger partial charge in [0.15, 0.2) is 0 Å². The molecule has 0 radical (unpaired) electrons. The van der Waals surface area contributed by atoms with Crippen molar-refractivity contribution in [1.29, 1.82) is 0 Å². The lowest BCUT2D eigenvalue weighted by molar-refractivity contribution is -0.154. The highest BCUT2D eigenvalue weighted by molar-refractivity contribution is 6.06. The average Bonchev–Trinajstić information content (AvgIpc) is 3.23. The van der Waals surface area contributed by atoms with Crippen LogP contribution in [0.3, 0.4) is 0 Å². The molecule has 0 saturated heterocycles. The van der Waals surface area contributed by atoms with Crippen molar-refractivity contribution >= 4 is 22.6 Å². The van der Waals surface area contributed by atoms with E-state index >= 15 is 0 Å². The van der Waals surface area contributed by atoms with Gasteiger partial charge in [-0.25, -0.2) is 4.39 Å². The summed E-state index contributed by atoms with van der Waals surface area (Å²) in [4.78, 5) is 16.4. The summed E-state index contributed by atoms with van der Waals surface area (Å²) < 4.78 is 16.4. The van der Waals surface area contributed by atoms with Gasteiger partial charge in [-0.1, -0.05) is 13.8 Å². The summed E-state index contributed by atoms with van der Waals surface area (Å²) in [7, 11) is 0. The van der Waals surface area contributed by atoms with Crippen molar-refractivity contribution in [2.75, 3.05) is 0 Å². The van der Waals surface area contributed by atoms with Crippen molar-refractivity contribution in [3.8, 4) is 5.69 Å². The maximum absolute atomic E-state index is 14.1. The van der Waals surface area contributed by atoms with E-state index in [1.807, 2.05) is 26.0 Å². The first-order valence-corrected chi connectivity index (χ1v) is 11.3. The van der Waals surface area contributed by atoms with E-state index in [-0.39, 0.29) is 17.7 Å². The Morgan fingerprint density at radius 2 is 1.94 bits per heavy atom. The fraction of sp³-hybridized carbons (Fsp3) is 0.407. The Morgan fingerprint density at radius 1 is 1.22 bits per heavy atom. The Hall–Kier alpha value is -2.95. The molecule has 1 aromatic heterocycles. The number of hydrogen-bond donors (Lipinski definition) is 1. The van der Waals surface area contributed by atoms with Crippen LogP contribution >= 0.6 is 0 Å². The van der Waals surface area contributed by atoms with Crippen LogP contribution in [0.1, 0.15) is 80.3 Å². The zero-order chi connectivity index (χ0) is 22.9. The number of aromatic nitrogens is 1. The Balaban J connectivity index is 1.81. The molecule has 2 heterocycles. The highest BCUT2D eigenvalue weighted by Gasteiger charge is 2.48. The van der Waals surface area contributed by atoms with Crippen LogP contribution in [0.4, 0.5) is 4.39 Å². The molecular formula is C27H29FN2O2. The van der Waals surface area contributed by atoms with Crippen LogP contribution in [0.15, 0.2) is 35.3 Å². The van der Waals surface area contributed by atoms with Gasteiger partial charge in [-0.05, 0) is 92.5 Å². The van der Waals surface area contributed by atoms with Crippen molar-refractivity contribution in [3.05, 3.63) is 64.1 Å². The zero-order valence-electron chi connectivity index (χ0n) is 19.3. The predicted molar refractivity (Wildman–Crippen MR) is 126 cm³/mol. The molecule has 0 bridgehead atoms. The minimum atomic E-state index is -0.720. The van der Waals surface area contributed by atoms with E-state index in [9.17, 15) is 14.3 Å². The second-order valence-electron chi connectivity index (χ2n) is 10.1. The number of benzene rings is 2. The first-order chi connectivity index (χ1) is 15.1. The fourth-order valence-corrected chi connectivity index (χ4v) is 5.63. The van der Waals surface area contributed by atoms with Gasteiger partial charge in [0.2, 0.25) is 0 Å². The number of carboxylic acid groups (broad SMARTS) is 1. The van der Waals surface area contributed by atoms with Crippen LogP contribution in [-0.2, 0) is 11.3 Å². The molecule has 1 fully saturated rings. The molecule has 0 spiro atoms. The highest BCUT2D eigenvalue weighted by atomic mass is 19.1. The molecule has 2 aliphatic rings. The van der Waals surface area contributed by atoms with Gasteiger partial charge in [0, 0.05) is 28.0 Å². The summed E-state index contributed by atoms with van der Waals surface area (Å²) in [6.45, 7) is 10.7. The topological polar surface area (TPSA) is 54.6 Å². The number of carbonyl (C=O) groups is 1. The van der Waals surface area contributed by atoms with Crippen molar-refractivity contribution in [3.63, 3.8) is 0 Å². The molecule has 1 aliphatic carbocycles. The molecule has 1 aliphatic heterocycles. The molecule has 32 heavy (non-hydrogen) atoms. The summed E-state index contributed by atoms with van der Waals surface area (Å²) in [6.07, 6.45) is 1.27. The molecule has 1 saturated carbocycles. The lowest BCUT2D eigenvalue weighted by Gasteiger charge is -2.42. The quantitative estimate of drug-likeness (QED) is 0.512. The normalized spacial score (nSPS) is 22.2. The van der Waals surface area contributed by atoms with Gasteiger partial charge in [0.05, 0.1) is 17.5 Å². The largest absolute Gasteiger partial charge is 0.481 e. The monoisotopic (exact) mass is 432 g/mol. The van der Waals surface area contributed by atoms with E-state index in [4.69, 9.17) is 0 Å². The lowest BCUT2D eigenvalue weighted by Crippen LogP contribution is -2.40. The second kappa shape index (κ2) is 7.03. The minimum absolute atomic E-state index is 0.195. The van der Waals surface area contributed by atoms with Gasteiger partial charge in [-0.3, -0.25) is 9.79 Å². The number of halogens is 1. The van der Waals surface area contributed by atoms with Crippen molar-refractivity contribution in [1.82, 2.24) is 4.57 Å². The highest BCUT2D eigenvalue weighted by Crippen LogP contribution is 2.55. The van der Waals surface area contributed by atoms with Crippen LogP contribution in [0.25, 0.3) is 16.6 Å². The number of aliphatic carboxylic acids is 1. The molecule has 4 nitrogen and oxygen atoms in total. The summed E-state index contributed by atoms with van der Waals surface area (Å²) in [5.41, 5.74) is 7.85. The second-order valence-corrected chi connectivity index (χ2v) is 10.1. The van der Waals surface area contributed by atoms with Crippen molar-refractivity contribution in [2.24, 2.45) is 10.4 Å². The van der Waals surface area contributed by atoms with Gasteiger partial charge in [-0.15, -0.1) is 0 Å². The molecule has 0 amide bonds. The average molecular weight is 433 g/mol. The maximum atomic E-state index is 14.1. The summed E-state index contributed by atoms with van der Waals surface area (Å²) >= 11 is 0. The van der Waals surface area contributed by atoms with Gasteiger partial charge in [-0.2, -0.15) is 0 Å². The summed E-state index contributed by atoms with van der Waals surface area (Å²) in [5, 5.41) is 10.9. The van der Waals surface area contributed by atoms with E-state index < -0.39 is 11.4 Å². The maximum Gasteiger partial charge on any atom is 0.309 e. The molecule has 3 aromatic rings. The first kappa shape index (κ1) is 20.9. The van der Waals surface area contributed by atoms with Crippen LogP contribution < -0.4 is 0 Å². The molecule has 5 heteroatoms. The van der Waals surface area contributed by atoms with E-state index in [0.29, 0.717) is 24.9 Å². The van der Waals surface area contributed by atoms with E-state index in [2.05, 4.69) is 35.5 Å². The molecule has 0 unspecified atom stereocenters. The third kappa shape index (κ3) is 2.94. The van der Waals surface area contributed by atoms with E-state index in [0.717, 1.165) is 16.9 Å². The number of carboxylic acids is 1. The molecule has 1 N–H and O–H groups in total. The van der Waals surface area contributed by atoms with Crippen LogP contribution in [0, 0.1) is 18.2 Å². The Bertz CT molecular complexity index is 1310. The first-order valence-electron chi connectivity index (χ1n) is 11.3. The Labute approximate surface area is 187 Å². The van der Waals surface area contributed by atoms with Gasteiger partial charge in [0.1, 0.15) is 5.82 Å². The van der Waals surface area contributed by atoms with E-state index in [1.165, 1.54) is 33.8 Å². The van der Waals surface area contributed by atoms with E-state index in [1.54, 1.807) is 6.92 Å². The van der Waals surface area contributed by atoms with Gasteiger partial charge < -0.3 is 9.67 Å². The minimum Gasteiger partial charge on any atom is -0.481 e. The number of aryl methyl sites for hydroxylation is 1. The Kier molecular flexibility index (Phi) is 4.59. The molecule has 0 atom stereocenters. The number of nitrogens with zero attached hydrogens (tertiary/aromatic N) is 2. The number of aliphatic imine (C=N–C) groups is 1. The van der Waals surface area contributed by atoms with Gasteiger partial charge in [0.25, 0.3) is 0 Å². The third-order valence-electron chi connectivity index (χ3n) is 7.41. The van der Waals surface area contributed by atoms with Crippen LogP contribution in [-0.4, -0.2) is 21.4 Å². The summed E-state index contributed by atoms with van der Waals surface area (Å²) in [5.74, 6) is -0.511. The smallest absolute Gasteiger partial charge is 0.309 e. The van der Waals surface area contributed by atoms with Crippen molar-refractivity contribution in [2.45, 2.75) is 65.8 Å². The Morgan fingerprint density at radius 3 is 2.56 bits per heavy atom. The molecule has 2 aromatic carbocycles. The third-order valence-corrected chi connectivity index (χ3v) is 7.41. The predicted octanol–water partition coefficient (Wildman–Crippen LogP) is 6.49. The number of rotatable bonds is 4. The number of hydrogen-bond acceptors (Lipinski definition) is 2. The van der Waals surface area contributed by atoms with Crippen LogP contribution in [0.5, 0.6) is 0 Å². The fourth-order valence-electron chi connectivity index (χ4n) is 5.63. The summed E-state index contributed by atoms with van der Waals surface area (Å²) in [6, 6.07) is 9.76. The molecule has 166 valence electrons. The SMILES string of the molecule is CC1=NCc2cc3c(C4CC(C)(C(=O)O)C4)c(C(C)C)n(-c4ccc(F)c(C)c4)c3cc21. The zero-order valence-corrected chi connectivity index (χ0v) is 19.3. The number of fused-ring (bicyclic) bond motifs is 2. The van der Waals surface area contributed by atoms with Crippen LogP contribution in [0.2, 0.25) is 0 Å². The standard InChI is InChI=1S/C27H29FN2O2/c1-14(2)25-24(18-11-27(5,12-18)26(31)32)21-9-17-13-29-16(4)20(17)10-23(21)30(25)19-6-7-22(28)15(3)8-19/h6-10,14,18H,11-13H2,1-5H3,(H,31,32).